The van der Waals surface area contributed by atoms with Crippen LogP contribution in [0.1, 0.15) is 11.1 Å². The quantitative estimate of drug-likeness (QED) is 0.657. The molecular formula is C15H15ClF2N2. The molecule has 0 saturated heterocycles. The molecule has 0 bridgehead atoms. The van der Waals surface area contributed by atoms with Crippen molar-refractivity contribution in [3.8, 4) is 0 Å². The van der Waals surface area contributed by atoms with E-state index in [0.29, 0.717) is 12.8 Å². The topological polar surface area (TPSA) is 38.0 Å². The van der Waals surface area contributed by atoms with Crippen molar-refractivity contribution in [1.29, 1.82) is 0 Å². The van der Waals surface area contributed by atoms with Crippen LogP contribution < -0.4 is 11.3 Å². The summed E-state index contributed by atoms with van der Waals surface area (Å²) in [6, 6.07) is 10.9. The van der Waals surface area contributed by atoms with Crippen LogP contribution in [0.4, 0.5) is 8.78 Å². The van der Waals surface area contributed by atoms with Crippen LogP contribution in [0, 0.1) is 11.6 Å². The van der Waals surface area contributed by atoms with Crippen LogP contribution in [0.25, 0.3) is 0 Å². The summed E-state index contributed by atoms with van der Waals surface area (Å²) >= 11 is 5.64. The minimum absolute atomic E-state index is 0.0936. The number of nitrogens with two attached hydrogens (primary N) is 1. The van der Waals surface area contributed by atoms with E-state index in [9.17, 15) is 8.78 Å². The van der Waals surface area contributed by atoms with Crippen LogP contribution in [-0.4, -0.2) is 6.04 Å². The fourth-order valence-corrected chi connectivity index (χ4v) is 2.21. The lowest BCUT2D eigenvalue weighted by atomic mass is 9.99. The molecule has 0 aliphatic heterocycles. The predicted octanol–water partition coefficient (Wildman–Crippen LogP) is 3.24. The van der Waals surface area contributed by atoms with Crippen LogP contribution in [0.2, 0.25) is 5.02 Å². The van der Waals surface area contributed by atoms with Crippen LogP contribution >= 0.6 is 11.6 Å². The van der Waals surface area contributed by atoms with Crippen molar-refractivity contribution < 1.29 is 8.78 Å². The third-order valence-corrected chi connectivity index (χ3v) is 3.38. The van der Waals surface area contributed by atoms with Crippen molar-refractivity contribution in [2.45, 2.75) is 18.9 Å². The van der Waals surface area contributed by atoms with Gasteiger partial charge in [0.05, 0.1) is 5.02 Å². The summed E-state index contributed by atoms with van der Waals surface area (Å²) in [4.78, 5) is 0. The van der Waals surface area contributed by atoms with E-state index < -0.39 is 5.82 Å². The molecule has 0 saturated carbocycles. The average Bonchev–Trinajstić information content (AvgIpc) is 2.42. The first-order chi connectivity index (χ1) is 9.58. The molecule has 1 unspecified atom stereocenters. The van der Waals surface area contributed by atoms with Gasteiger partial charge in [0, 0.05) is 6.04 Å². The Morgan fingerprint density at radius 1 is 1.05 bits per heavy atom. The SMILES string of the molecule is NNC(Cc1cccc(F)c1)Cc1ccc(Cl)c(F)c1. The summed E-state index contributed by atoms with van der Waals surface area (Å²) in [5, 5.41) is 0.0936. The number of halogens is 3. The van der Waals surface area contributed by atoms with E-state index in [0.717, 1.165) is 11.1 Å². The zero-order valence-corrected chi connectivity index (χ0v) is 11.5. The molecule has 0 amide bonds. The molecule has 0 aliphatic carbocycles. The fourth-order valence-electron chi connectivity index (χ4n) is 2.09. The van der Waals surface area contributed by atoms with Crippen molar-refractivity contribution in [3.63, 3.8) is 0 Å². The maximum atomic E-state index is 13.4. The summed E-state index contributed by atoms with van der Waals surface area (Å²) < 4.78 is 26.5. The second-order valence-electron chi connectivity index (χ2n) is 4.65. The van der Waals surface area contributed by atoms with Crippen molar-refractivity contribution in [3.05, 3.63) is 70.2 Å². The molecular weight excluding hydrogens is 282 g/mol. The second kappa shape index (κ2) is 6.79. The maximum absolute atomic E-state index is 13.4. The molecule has 0 heterocycles. The molecule has 0 fully saturated rings. The van der Waals surface area contributed by atoms with Gasteiger partial charge in [0.25, 0.3) is 0 Å². The summed E-state index contributed by atoms with van der Waals surface area (Å²) in [7, 11) is 0. The van der Waals surface area contributed by atoms with Gasteiger partial charge in [-0.2, -0.15) is 0 Å². The van der Waals surface area contributed by atoms with E-state index in [2.05, 4.69) is 5.43 Å². The van der Waals surface area contributed by atoms with Gasteiger partial charge in [-0.1, -0.05) is 29.8 Å². The lowest BCUT2D eigenvalue weighted by Gasteiger charge is -2.16. The predicted molar refractivity (Wildman–Crippen MR) is 76.3 cm³/mol. The van der Waals surface area contributed by atoms with Gasteiger partial charge in [0.2, 0.25) is 0 Å². The average molecular weight is 297 g/mol. The Hall–Kier alpha value is -1.49. The van der Waals surface area contributed by atoms with Crippen LogP contribution in [0.15, 0.2) is 42.5 Å². The van der Waals surface area contributed by atoms with E-state index >= 15 is 0 Å². The van der Waals surface area contributed by atoms with E-state index in [4.69, 9.17) is 17.4 Å². The molecule has 0 aliphatic rings. The third kappa shape index (κ3) is 4.00. The van der Waals surface area contributed by atoms with Gasteiger partial charge >= 0.3 is 0 Å². The molecule has 106 valence electrons. The van der Waals surface area contributed by atoms with E-state index in [1.54, 1.807) is 12.1 Å². The molecule has 3 N–H and O–H groups in total. The lowest BCUT2D eigenvalue weighted by molar-refractivity contribution is 0.518. The molecule has 0 spiro atoms. The van der Waals surface area contributed by atoms with Crippen molar-refractivity contribution >= 4 is 11.6 Å². The van der Waals surface area contributed by atoms with Crippen LogP contribution in [0.3, 0.4) is 0 Å². The third-order valence-electron chi connectivity index (χ3n) is 3.07. The Bertz CT molecular complexity index is 590. The molecule has 2 aromatic carbocycles. The van der Waals surface area contributed by atoms with Gasteiger partial charge in [0.1, 0.15) is 11.6 Å². The molecule has 5 heteroatoms. The van der Waals surface area contributed by atoms with Crippen LogP contribution in [0.5, 0.6) is 0 Å². The molecule has 1 atom stereocenters. The van der Waals surface area contributed by atoms with Gasteiger partial charge in [0.15, 0.2) is 0 Å². The summed E-state index contributed by atoms with van der Waals surface area (Å²) in [5.41, 5.74) is 4.29. The second-order valence-corrected chi connectivity index (χ2v) is 5.06. The molecule has 0 aromatic heterocycles. The summed E-state index contributed by atoms with van der Waals surface area (Å²) in [6.07, 6.45) is 1.08. The van der Waals surface area contributed by atoms with Gasteiger partial charge in [-0.3, -0.25) is 11.3 Å². The smallest absolute Gasteiger partial charge is 0.142 e. The first-order valence-corrected chi connectivity index (χ1v) is 6.61. The van der Waals surface area contributed by atoms with Gasteiger partial charge in [-0.05, 0) is 48.2 Å². The van der Waals surface area contributed by atoms with E-state index in [1.165, 1.54) is 24.3 Å². The van der Waals surface area contributed by atoms with Gasteiger partial charge < -0.3 is 0 Å². The first-order valence-electron chi connectivity index (χ1n) is 6.23. The number of hydrazine groups is 1. The largest absolute Gasteiger partial charge is 0.271 e. The molecule has 0 radical (unpaired) electrons. The van der Waals surface area contributed by atoms with Crippen molar-refractivity contribution in [2.24, 2.45) is 5.84 Å². The normalized spacial score (nSPS) is 12.4. The fraction of sp³-hybridized carbons (Fsp3) is 0.200. The van der Waals surface area contributed by atoms with Gasteiger partial charge in [-0.25, -0.2) is 8.78 Å². The highest BCUT2D eigenvalue weighted by molar-refractivity contribution is 6.30. The highest BCUT2D eigenvalue weighted by atomic mass is 35.5. The van der Waals surface area contributed by atoms with E-state index in [1.807, 2.05) is 6.07 Å². The number of nitrogens with one attached hydrogen (secondary N) is 1. The maximum Gasteiger partial charge on any atom is 0.142 e. The Morgan fingerprint density at radius 3 is 2.35 bits per heavy atom. The first kappa shape index (κ1) is 14.9. The monoisotopic (exact) mass is 296 g/mol. The molecule has 2 aromatic rings. The Labute approximate surface area is 121 Å². The van der Waals surface area contributed by atoms with Crippen molar-refractivity contribution in [1.82, 2.24) is 5.43 Å². The Balaban J connectivity index is 2.07. The van der Waals surface area contributed by atoms with E-state index in [-0.39, 0.29) is 16.9 Å². The number of rotatable bonds is 5. The standard InChI is InChI=1S/C15H15ClF2N2/c16-14-5-4-11(9-15(14)18)8-13(20-19)7-10-2-1-3-12(17)6-10/h1-6,9,13,20H,7-8,19H2. The summed E-state index contributed by atoms with van der Waals surface area (Å²) in [6.45, 7) is 0. The van der Waals surface area contributed by atoms with Gasteiger partial charge in [-0.15, -0.1) is 0 Å². The summed E-state index contributed by atoms with van der Waals surface area (Å²) in [5.74, 6) is 4.78. The molecule has 20 heavy (non-hydrogen) atoms. The Kier molecular flexibility index (Phi) is 5.06. The molecule has 2 nitrogen and oxygen atoms in total. The zero-order chi connectivity index (χ0) is 14.5. The number of hydrogen-bond donors (Lipinski definition) is 2. The highest BCUT2D eigenvalue weighted by Gasteiger charge is 2.11. The molecule has 2 rings (SSSR count). The lowest BCUT2D eigenvalue weighted by Crippen LogP contribution is -2.38. The minimum atomic E-state index is -0.453. The Morgan fingerprint density at radius 2 is 1.75 bits per heavy atom. The minimum Gasteiger partial charge on any atom is -0.271 e. The highest BCUT2D eigenvalue weighted by Crippen LogP contribution is 2.17. The number of hydrogen-bond acceptors (Lipinski definition) is 2. The number of benzene rings is 2. The van der Waals surface area contributed by atoms with Crippen molar-refractivity contribution in [2.75, 3.05) is 0 Å². The zero-order valence-electron chi connectivity index (χ0n) is 10.7. The van der Waals surface area contributed by atoms with Crippen LogP contribution in [-0.2, 0) is 12.8 Å².